The summed E-state index contributed by atoms with van der Waals surface area (Å²) in [6, 6.07) is 16.1. The van der Waals surface area contributed by atoms with Crippen molar-refractivity contribution in [2.45, 2.75) is 73.4 Å². The first-order valence-corrected chi connectivity index (χ1v) is 13.6. The van der Waals surface area contributed by atoms with Gasteiger partial charge in [-0.2, -0.15) is 0 Å². The van der Waals surface area contributed by atoms with Gasteiger partial charge >= 0.3 is 0 Å². The highest BCUT2D eigenvalue weighted by atomic mass is 31.1. The largest absolute Gasteiger partial charge is 0.300 e. The summed E-state index contributed by atoms with van der Waals surface area (Å²) in [5, 5.41) is 1.49. The molecule has 1 heterocycles. The van der Waals surface area contributed by atoms with E-state index in [1.807, 2.05) is 0 Å². The molecule has 1 saturated heterocycles. The Morgan fingerprint density at radius 1 is 0.727 bits per heavy atom. The second-order valence-corrected chi connectivity index (χ2v) is 13.6. The lowest BCUT2D eigenvalue weighted by atomic mass is 9.89. The van der Waals surface area contributed by atoms with Gasteiger partial charge in [0.25, 0.3) is 0 Å². The third-order valence-electron chi connectivity index (χ3n) is 7.17. The molecule has 1 atom stereocenters. The van der Waals surface area contributed by atoms with Gasteiger partial charge in [-0.3, -0.25) is 4.79 Å². The lowest BCUT2D eigenvalue weighted by Gasteiger charge is -2.41. The molecule has 0 radical (unpaired) electrons. The van der Waals surface area contributed by atoms with Crippen LogP contribution in [0.5, 0.6) is 0 Å². The maximum Gasteiger partial charge on any atom is 0.134 e. The minimum atomic E-state index is -0.511. The Balaban J connectivity index is 2.09. The number of ketones is 1. The van der Waals surface area contributed by atoms with Crippen LogP contribution in [-0.2, 0) is 4.79 Å². The van der Waals surface area contributed by atoms with Crippen LogP contribution in [0.4, 0.5) is 0 Å². The van der Waals surface area contributed by atoms with Crippen molar-refractivity contribution >= 4 is 19.0 Å². The molecule has 172 valence electrons. The second-order valence-electron chi connectivity index (χ2n) is 10.7. The average molecular weight is 457 g/mol. The van der Waals surface area contributed by atoms with Crippen molar-refractivity contribution in [3.8, 4) is 22.3 Å². The summed E-state index contributed by atoms with van der Waals surface area (Å²) < 4.78 is 0. The highest BCUT2D eigenvalue weighted by molar-refractivity contribution is 7.68. The predicted octanol–water partition coefficient (Wildman–Crippen LogP) is 8.12. The van der Waals surface area contributed by atoms with Crippen LogP contribution in [0.25, 0.3) is 22.3 Å². The van der Waals surface area contributed by atoms with E-state index in [1.165, 1.54) is 60.9 Å². The molecule has 1 fully saturated rings. The molecule has 0 aliphatic carbocycles. The molecule has 0 amide bonds. The highest BCUT2D eigenvalue weighted by Crippen LogP contribution is 2.57. The first kappa shape index (κ1) is 23.9. The zero-order valence-corrected chi connectivity index (χ0v) is 22.4. The molecule has 0 spiro atoms. The zero-order valence-electron chi connectivity index (χ0n) is 21.5. The fraction of sp³-hybridized carbons (Fsp3) is 0.387. The summed E-state index contributed by atoms with van der Waals surface area (Å²) in [6.45, 7) is 18.0. The molecule has 0 N–H and O–H groups in total. The minimum Gasteiger partial charge on any atom is -0.300 e. The maximum absolute atomic E-state index is 12.5. The first-order valence-electron chi connectivity index (χ1n) is 12.1. The van der Waals surface area contributed by atoms with Gasteiger partial charge in [0.1, 0.15) is 5.78 Å². The summed E-state index contributed by atoms with van der Waals surface area (Å²) in [5.74, 6) is 0.420. The molecule has 1 aliphatic heterocycles. The molecule has 1 unspecified atom stereocenters. The van der Waals surface area contributed by atoms with Crippen molar-refractivity contribution in [2.75, 3.05) is 6.16 Å². The number of benzene rings is 3. The third kappa shape index (κ3) is 4.45. The van der Waals surface area contributed by atoms with Gasteiger partial charge in [0.2, 0.25) is 0 Å². The molecule has 0 aromatic heterocycles. The van der Waals surface area contributed by atoms with E-state index in [1.54, 1.807) is 0 Å². The molecule has 0 bridgehead atoms. The van der Waals surface area contributed by atoms with Crippen LogP contribution in [0.2, 0.25) is 0 Å². The van der Waals surface area contributed by atoms with Gasteiger partial charge < -0.3 is 0 Å². The number of aryl methyl sites for hydroxylation is 6. The molecule has 33 heavy (non-hydrogen) atoms. The van der Waals surface area contributed by atoms with Crippen molar-refractivity contribution in [3.05, 3.63) is 75.8 Å². The van der Waals surface area contributed by atoms with E-state index in [-0.39, 0.29) is 5.16 Å². The summed E-state index contributed by atoms with van der Waals surface area (Å²) in [4.78, 5) is 12.5. The quantitative estimate of drug-likeness (QED) is 0.364. The van der Waals surface area contributed by atoms with E-state index in [9.17, 15) is 4.79 Å². The van der Waals surface area contributed by atoms with Gasteiger partial charge in [0.15, 0.2) is 0 Å². The number of rotatable bonds is 3. The lowest BCUT2D eigenvalue weighted by Crippen LogP contribution is -2.34. The maximum atomic E-state index is 12.5. The zero-order chi connectivity index (χ0) is 24.1. The predicted molar refractivity (Wildman–Crippen MR) is 145 cm³/mol. The fourth-order valence-electron chi connectivity index (χ4n) is 6.07. The number of carbonyl (C=O) groups excluding carboxylic acids is 1. The molecule has 3 aromatic carbocycles. The van der Waals surface area contributed by atoms with Crippen LogP contribution in [0.1, 0.15) is 60.1 Å². The highest BCUT2D eigenvalue weighted by Gasteiger charge is 2.39. The minimum absolute atomic E-state index is 0.00542. The van der Waals surface area contributed by atoms with Crippen molar-refractivity contribution in [3.63, 3.8) is 0 Å². The second kappa shape index (κ2) is 8.84. The number of Topliss-reactive ketones (excluding diaryl/α,β-unsaturated/α-hetero) is 1. The Bertz CT molecular complexity index is 1130. The van der Waals surface area contributed by atoms with Crippen LogP contribution in [0, 0.1) is 41.5 Å². The van der Waals surface area contributed by atoms with E-state index in [4.69, 9.17) is 0 Å². The molecule has 3 aromatic rings. The fourth-order valence-corrected chi connectivity index (χ4v) is 9.30. The Hall–Kier alpha value is -2.24. The lowest BCUT2D eigenvalue weighted by molar-refractivity contribution is -0.119. The number of hydrogen-bond donors (Lipinski definition) is 0. The molecular weight excluding hydrogens is 419 g/mol. The van der Waals surface area contributed by atoms with Crippen molar-refractivity contribution in [2.24, 2.45) is 0 Å². The summed E-state index contributed by atoms with van der Waals surface area (Å²) >= 11 is 0. The topological polar surface area (TPSA) is 17.1 Å². The van der Waals surface area contributed by atoms with Gasteiger partial charge in [-0.05, 0) is 103 Å². The van der Waals surface area contributed by atoms with E-state index < -0.39 is 7.92 Å². The standard InChI is InChI=1S/C31H37OP/c1-19-14-21(3)28(22(4)15-19)26-10-9-11-27(29-23(5)16-20(2)17-24(29)6)30(26)33-13-12-25(32)18-31(33,7)8/h9-11,14-17H,12-13,18H2,1-8H3. The molecule has 0 saturated carbocycles. The Kier molecular flexibility index (Phi) is 6.41. The van der Waals surface area contributed by atoms with Crippen molar-refractivity contribution < 1.29 is 4.79 Å². The third-order valence-corrected chi connectivity index (χ3v) is 10.5. The summed E-state index contributed by atoms with van der Waals surface area (Å²) in [6.07, 6.45) is 2.38. The first-order chi connectivity index (χ1) is 15.5. The molecule has 2 heteroatoms. The van der Waals surface area contributed by atoms with Crippen LogP contribution in [0.3, 0.4) is 0 Å². The van der Waals surface area contributed by atoms with Crippen molar-refractivity contribution in [1.82, 2.24) is 0 Å². The Morgan fingerprint density at radius 3 is 1.55 bits per heavy atom. The SMILES string of the molecule is Cc1cc(C)c(-c2cccc(-c3c(C)cc(C)cc3C)c2P2CCC(=O)CC2(C)C)c(C)c1. The Labute approximate surface area is 201 Å². The normalized spacial score (nSPS) is 17.9. The Morgan fingerprint density at radius 2 is 1.15 bits per heavy atom. The molecule has 1 aliphatic rings. The van der Waals surface area contributed by atoms with Gasteiger partial charge in [0, 0.05) is 12.8 Å². The van der Waals surface area contributed by atoms with E-state index >= 15 is 0 Å². The van der Waals surface area contributed by atoms with Gasteiger partial charge in [-0.1, -0.05) is 75.4 Å². The number of carbonyl (C=O) groups is 1. The monoisotopic (exact) mass is 456 g/mol. The van der Waals surface area contributed by atoms with Gasteiger partial charge in [0.05, 0.1) is 0 Å². The van der Waals surface area contributed by atoms with Crippen LogP contribution in [0.15, 0.2) is 42.5 Å². The molecule has 4 rings (SSSR count). The van der Waals surface area contributed by atoms with Crippen LogP contribution >= 0.6 is 7.92 Å². The van der Waals surface area contributed by atoms with E-state index in [0.29, 0.717) is 18.6 Å². The number of hydrogen-bond acceptors (Lipinski definition) is 1. The van der Waals surface area contributed by atoms with Gasteiger partial charge in [-0.15, -0.1) is 0 Å². The molecular formula is C31H37OP. The smallest absolute Gasteiger partial charge is 0.134 e. The van der Waals surface area contributed by atoms with Gasteiger partial charge in [-0.25, -0.2) is 0 Å². The summed E-state index contributed by atoms with van der Waals surface area (Å²) in [5.41, 5.74) is 13.5. The van der Waals surface area contributed by atoms with Crippen LogP contribution in [-0.4, -0.2) is 17.1 Å². The van der Waals surface area contributed by atoms with E-state index in [0.717, 1.165) is 6.16 Å². The molecule has 1 nitrogen and oxygen atoms in total. The average Bonchev–Trinajstić information content (AvgIpc) is 2.66. The summed E-state index contributed by atoms with van der Waals surface area (Å²) in [7, 11) is -0.511. The van der Waals surface area contributed by atoms with Crippen LogP contribution < -0.4 is 5.30 Å². The van der Waals surface area contributed by atoms with E-state index in [2.05, 4.69) is 97.9 Å². The van der Waals surface area contributed by atoms with Crippen molar-refractivity contribution in [1.29, 1.82) is 0 Å².